The number of fused-ring (bicyclic) bond motifs is 1. The van der Waals surface area contributed by atoms with Crippen molar-refractivity contribution in [1.29, 1.82) is 0 Å². The van der Waals surface area contributed by atoms with E-state index >= 15 is 0 Å². The van der Waals surface area contributed by atoms with Gasteiger partial charge in [0.15, 0.2) is 0 Å². The Morgan fingerprint density at radius 2 is 2.08 bits per heavy atom. The molecule has 1 aromatic heterocycles. The van der Waals surface area contributed by atoms with E-state index in [9.17, 15) is 4.79 Å². The SMILES string of the molecule is C[C@H](Nc1nccc(NC(C)(C)C)n1)C1CC2CC(Cl)CCC2NC1=O. The van der Waals surface area contributed by atoms with Gasteiger partial charge in [0.25, 0.3) is 0 Å². The molecule has 1 aliphatic heterocycles. The van der Waals surface area contributed by atoms with Gasteiger partial charge in [0, 0.05) is 29.2 Å². The highest BCUT2D eigenvalue weighted by atomic mass is 35.5. The van der Waals surface area contributed by atoms with Gasteiger partial charge in [0.05, 0.1) is 5.92 Å². The van der Waals surface area contributed by atoms with E-state index in [1.165, 1.54) is 0 Å². The van der Waals surface area contributed by atoms with Crippen LogP contribution in [0, 0.1) is 11.8 Å². The largest absolute Gasteiger partial charge is 0.365 e. The summed E-state index contributed by atoms with van der Waals surface area (Å²) < 4.78 is 0. The minimum Gasteiger partial charge on any atom is -0.365 e. The molecule has 6 nitrogen and oxygen atoms in total. The molecule has 0 bridgehead atoms. The molecule has 2 aliphatic rings. The number of rotatable bonds is 4. The van der Waals surface area contributed by atoms with Gasteiger partial charge >= 0.3 is 0 Å². The van der Waals surface area contributed by atoms with Crippen LogP contribution in [-0.2, 0) is 4.79 Å². The summed E-state index contributed by atoms with van der Waals surface area (Å²) in [6.45, 7) is 8.28. The van der Waals surface area contributed by atoms with Crippen LogP contribution in [0.1, 0.15) is 53.4 Å². The molecule has 3 rings (SSSR count). The molecular formula is C19H30ClN5O. The summed E-state index contributed by atoms with van der Waals surface area (Å²) in [5.41, 5.74) is -0.0748. The summed E-state index contributed by atoms with van der Waals surface area (Å²) in [5, 5.41) is 10.1. The first-order valence-corrected chi connectivity index (χ1v) is 9.97. The van der Waals surface area contributed by atoms with Gasteiger partial charge in [-0.1, -0.05) is 0 Å². The average molecular weight is 380 g/mol. The molecule has 0 aromatic carbocycles. The lowest BCUT2D eigenvalue weighted by Crippen LogP contribution is -2.55. The summed E-state index contributed by atoms with van der Waals surface area (Å²) in [6.07, 6.45) is 5.56. The van der Waals surface area contributed by atoms with Gasteiger partial charge in [-0.15, -0.1) is 11.6 Å². The van der Waals surface area contributed by atoms with Gasteiger partial charge in [-0.3, -0.25) is 4.79 Å². The number of anilines is 2. The summed E-state index contributed by atoms with van der Waals surface area (Å²) >= 11 is 6.34. The summed E-state index contributed by atoms with van der Waals surface area (Å²) in [6, 6.07) is 2.09. The van der Waals surface area contributed by atoms with Gasteiger partial charge < -0.3 is 16.0 Å². The lowest BCUT2D eigenvalue weighted by Gasteiger charge is -2.42. The number of aromatic nitrogens is 2. The fraction of sp³-hybridized carbons (Fsp3) is 0.737. The second-order valence-electron chi connectivity index (χ2n) is 8.70. The minimum absolute atomic E-state index is 0.0449. The van der Waals surface area contributed by atoms with Gasteiger partial charge in [-0.05, 0) is 65.4 Å². The van der Waals surface area contributed by atoms with Crippen molar-refractivity contribution in [2.24, 2.45) is 11.8 Å². The first kappa shape index (κ1) is 19.2. The van der Waals surface area contributed by atoms with Crippen LogP contribution in [0.5, 0.6) is 0 Å². The molecular weight excluding hydrogens is 350 g/mol. The van der Waals surface area contributed by atoms with E-state index in [0.29, 0.717) is 11.9 Å². The minimum atomic E-state index is -0.0963. The van der Waals surface area contributed by atoms with E-state index in [1.807, 2.05) is 13.0 Å². The van der Waals surface area contributed by atoms with Crippen molar-refractivity contribution in [2.75, 3.05) is 10.6 Å². The number of alkyl halides is 1. The zero-order valence-electron chi connectivity index (χ0n) is 16.1. The maximum absolute atomic E-state index is 12.6. The Hall–Kier alpha value is -1.56. The zero-order valence-corrected chi connectivity index (χ0v) is 16.8. The van der Waals surface area contributed by atoms with Gasteiger partial charge in [0.1, 0.15) is 5.82 Å². The van der Waals surface area contributed by atoms with E-state index in [2.05, 4.69) is 46.7 Å². The third-order valence-corrected chi connectivity index (χ3v) is 5.65. The molecule has 0 spiro atoms. The van der Waals surface area contributed by atoms with E-state index in [-0.39, 0.29) is 34.8 Å². The molecule has 1 amide bonds. The highest BCUT2D eigenvalue weighted by Gasteiger charge is 2.41. The number of piperidine rings is 1. The lowest BCUT2D eigenvalue weighted by molar-refractivity contribution is -0.130. The smallest absolute Gasteiger partial charge is 0.225 e. The standard InChI is InChI=1S/C19H30ClN5O/c1-11(22-18-21-8-7-16(24-18)25-19(2,3)4)14-10-12-9-13(20)5-6-15(12)23-17(14)26/h7-8,11-15H,5-6,9-10H2,1-4H3,(H,23,26)(H2,21,22,24,25)/t11-,12?,13?,14?,15?/m0/s1. The van der Waals surface area contributed by atoms with E-state index in [1.54, 1.807) is 6.20 Å². The molecule has 1 saturated carbocycles. The summed E-state index contributed by atoms with van der Waals surface area (Å²) in [4.78, 5) is 21.4. The molecule has 1 saturated heterocycles. The van der Waals surface area contributed by atoms with Crippen molar-refractivity contribution in [2.45, 2.75) is 76.4 Å². The first-order chi connectivity index (χ1) is 12.2. The third kappa shape index (κ3) is 4.78. The second-order valence-corrected chi connectivity index (χ2v) is 9.32. The predicted octanol–water partition coefficient (Wildman–Crippen LogP) is 3.40. The number of nitrogens with zero attached hydrogens (tertiary/aromatic N) is 2. The van der Waals surface area contributed by atoms with Crippen LogP contribution in [0.3, 0.4) is 0 Å². The normalized spacial score (nSPS) is 30.1. The molecule has 1 aromatic rings. The molecule has 2 heterocycles. The average Bonchev–Trinajstić information content (AvgIpc) is 2.53. The van der Waals surface area contributed by atoms with Crippen LogP contribution in [0.15, 0.2) is 12.3 Å². The van der Waals surface area contributed by atoms with Crippen LogP contribution in [0.2, 0.25) is 0 Å². The Morgan fingerprint density at radius 3 is 2.81 bits per heavy atom. The Morgan fingerprint density at radius 1 is 1.31 bits per heavy atom. The topological polar surface area (TPSA) is 78.9 Å². The lowest BCUT2D eigenvalue weighted by atomic mass is 9.74. The van der Waals surface area contributed by atoms with Crippen LogP contribution in [0.25, 0.3) is 0 Å². The van der Waals surface area contributed by atoms with Crippen molar-refractivity contribution >= 4 is 29.3 Å². The molecule has 2 fully saturated rings. The molecule has 7 heteroatoms. The van der Waals surface area contributed by atoms with E-state index in [4.69, 9.17) is 11.6 Å². The third-order valence-electron chi connectivity index (χ3n) is 5.26. The number of carbonyl (C=O) groups excluding carboxylic acids is 1. The van der Waals surface area contributed by atoms with Crippen molar-refractivity contribution in [1.82, 2.24) is 15.3 Å². The van der Waals surface area contributed by atoms with Crippen molar-refractivity contribution < 1.29 is 4.79 Å². The number of carbonyl (C=O) groups is 1. The second kappa shape index (κ2) is 7.59. The molecule has 26 heavy (non-hydrogen) atoms. The molecule has 3 N–H and O–H groups in total. The summed E-state index contributed by atoms with van der Waals surface area (Å²) in [5.74, 6) is 1.81. The maximum atomic E-state index is 12.6. The fourth-order valence-electron chi connectivity index (χ4n) is 4.00. The number of amides is 1. The van der Waals surface area contributed by atoms with Crippen molar-refractivity contribution in [3.8, 4) is 0 Å². The fourth-order valence-corrected chi connectivity index (χ4v) is 4.35. The highest BCUT2D eigenvalue weighted by Crippen LogP contribution is 2.36. The van der Waals surface area contributed by atoms with Gasteiger partial charge in [-0.2, -0.15) is 4.98 Å². The Labute approximate surface area is 160 Å². The highest BCUT2D eigenvalue weighted by molar-refractivity contribution is 6.20. The quantitative estimate of drug-likeness (QED) is 0.699. The predicted molar refractivity (Wildman–Crippen MR) is 106 cm³/mol. The zero-order chi connectivity index (χ0) is 18.9. The van der Waals surface area contributed by atoms with Gasteiger partial charge in [-0.25, -0.2) is 4.98 Å². The Balaban J connectivity index is 1.65. The van der Waals surface area contributed by atoms with Crippen molar-refractivity contribution in [3.63, 3.8) is 0 Å². The number of nitrogens with one attached hydrogen (secondary N) is 3. The van der Waals surface area contributed by atoms with E-state index in [0.717, 1.165) is 31.5 Å². The molecule has 144 valence electrons. The number of hydrogen-bond acceptors (Lipinski definition) is 5. The van der Waals surface area contributed by atoms with Crippen LogP contribution < -0.4 is 16.0 Å². The van der Waals surface area contributed by atoms with Crippen LogP contribution >= 0.6 is 11.6 Å². The maximum Gasteiger partial charge on any atom is 0.225 e. The van der Waals surface area contributed by atoms with Gasteiger partial charge in [0.2, 0.25) is 11.9 Å². The van der Waals surface area contributed by atoms with Crippen LogP contribution in [-0.4, -0.2) is 38.9 Å². The summed E-state index contributed by atoms with van der Waals surface area (Å²) in [7, 11) is 0. The molecule has 0 radical (unpaired) electrons. The molecule has 4 unspecified atom stereocenters. The van der Waals surface area contributed by atoms with Crippen LogP contribution in [0.4, 0.5) is 11.8 Å². The molecule has 5 atom stereocenters. The number of halogens is 1. The Kier molecular flexibility index (Phi) is 5.61. The molecule has 1 aliphatic carbocycles. The monoisotopic (exact) mass is 379 g/mol. The van der Waals surface area contributed by atoms with Crippen molar-refractivity contribution in [3.05, 3.63) is 12.3 Å². The van der Waals surface area contributed by atoms with E-state index < -0.39 is 0 Å². The Bertz CT molecular complexity index is 647. The number of hydrogen-bond donors (Lipinski definition) is 3. The first-order valence-electron chi connectivity index (χ1n) is 9.53.